The van der Waals surface area contributed by atoms with Gasteiger partial charge in [0.05, 0.1) is 6.61 Å². The molecule has 0 aromatic heterocycles. The fourth-order valence-corrected chi connectivity index (χ4v) is 1.41. The van der Waals surface area contributed by atoms with Crippen molar-refractivity contribution in [2.24, 2.45) is 0 Å². The van der Waals surface area contributed by atoms with Gasteiger partial charge in [-0.25, -0.2) is 0 Å². The molecule has 4 nitrogen and oxygen atoms in total. The molecule has 0 aliphatic carbocycles. The van der Waals surface area contributed by atoms with Crippen LogP contribution in [-0.4, -0.2) is 18.1 Å². The normalized spacial score (nSPS) is 19.3. The smallest absolute Gasteiger partial charge is 0.207 e. The van der Waals surface area contributed by atoms with Crippen LogP contribution in [0.3, 0.4) is 0 Å². The maximum Gasteiger partial charge on any atom is 0.207 e. The van der Waals surface area contributed by atoms with E-state index in [9.17, 15) is 10.1 Å². The summed E-state index contributed by atoms with van der Waals surface area (Å²) in [5, 5.41) is 10.2. The molecule has 0 radical (unpaired) electrons. The summed E-state index contributed by atoms with van der Waals surface area (Å²) in [5.74, 6) is 0. The summed E-state index contributed by atoms with van der Waals surface area (Å²) in [4.78, 5) is 9.89. The Morgan fingerprint density at radius 2 is 2.36 bits per heavy atom. The number of nitro groups is 1. The van der Waals surface area contributed by atoms with Gasteiger partial charge >= 0.3 is 0 Å². The quantitative estimate of drug-likeness (QED) is 0.414. The molecule has 1 atom stereocenters. The maximum absolute atomic E-state index is 10.2. The lowest BCUT2D eigenvalue weighted by molar-refractivity contribution is -0.479. The van der Waals surface area contributed by atoms with Crippen LogP contribution in [0.15, 0.2) is 24.3 Å². The molecule has 1 fully saturated rings. The highest BCUT2D eigenvalue weighted by atomic mass is 16.6. The number of ether oxygens (including phenoxy) is 1. The number of hydrogen-bond donors (Lipinski definition) is 0. The predicted octanol–water partition coefficient (Wildman–Crippen LogP) is 1.58. The molecule has 0 N–H and O–H groups in total. The summed E-state index contributed by atoms with van der Waals surface area (Å²) >= 11 is 0. The van der Waals surface area contributed by atoms with E-state index in [0.29, 0.717) is 6.42 Å². The molecule has 4 heteroatoms. The first-order valence-corrected chi connectivity index (χ1v) is 4.58. The van der Waals surface area contributed by atoms with E-state index in [1.165, 1.54) is 0 Å². The zero-order valence-corrected chi connectivity index (χ0v) is 7.68. The van der Waals surface area contributed by atoms with Gasteiger partial charge in [-0.2, -0.15) is 0 Å². The van der Waals surface area contributed by atoms with Crippen molar-refractivity contribution in [1.29, 1.82) is 0 Å². The molecule has 0 amide bonds. The average molecular weight is 193 g/mol. The van der Waals surface area contributed by atoms with Gasteiger partial charge in [-0.3, -0.25) is 10.1 Å². The molecule has 2 rings (SSSR count). The Labute approximate surface area is 81.7 Å². The first-order chi connectivity index (χ1) is 6.75. The maximum atomic E-state index is 10.2. The minimum absolute atomic E-state index is 0.00498. The predicted molar refractivity (Wildman–Crippen MR) is 50.7 cm³/mol. The van der Waals surface area contributed by atoms with Crippen LogP contribution in [0.5, 0.6) is 0 Å². The van der Waals surface area contributed by atoms with Crippen LogP contribution in [0.4, 0.5) is 0 Å². The lowest BCUT2D eigenvalue weighted by Crippen LogP contribution is -2.04. The third kappa shape index (κ3) is 2.29. The molecule has 1 aromatic rings. The van der Waals surface area contributed by atoms with Crippen molar-refractivity contribution in [3.63, 3.8) is 0 Å². The van der Waals surface area contributed by atoms with Crippen molar-refractivity contribution < 1.29 is 9.66 Å². The number of rotatable bonds is 4. The summed E-state index contributed by atoms with van der Waals surface area (Å²) in [7, 11) is 0. The Morgan fingerprint density at radius 3 is 3.00 bits per heavy atom. The summed E-state index contributed by atoms with van der Waals surface area (Å²) in [5.41, 5.74) is 2.14. The zero-order valence-electron chi connectivity index (χ0n) is 7.68. The van der Waals surface area contributed by atoms with Crippen LogP contribution in [0.25, 0.3) is 0 Å². The number of nitrogens with zero attached hydrogens (tertiary/aromatic N) is 1. The van der Waals surface area contributed by atoms with E-state index in [-0.39, 0.29) is 17.6 Å². The van der Waals surface area contributed by atoms with E-state index in [0.717, 1.165) is 17.7 Å². The van der Waals surface area contributed by atoms with E-state index in [1.807, 2.05) is 24.3 Å². The van der Waals surface area contributed by atoms with E-state index in [1.54, 1.807) is 0 Å². The van der Waals surface area contributed by atoms with Gasteiger partial charge in [0.2, 0.25) is 6.54 Å². The molecule has 1 saturated heterocycles. The summed E-state index contributed by atoms with van der Waals surface area (Å²) < 4.78 is 5.14. The third-order valence-corrected chi connectivity index (χ3v) is 2.24. The van der Waals surface area contributed by atoms with Crippen molar-refractivity contribution >= 4 is 0 Å². The molecule has 1 heterocycles. The SMILES string of the molecule is O=[N+]([O-])CCc1cccc(C2CO2)c1. The minimum Gasteiger partial charge on any atom is -0.368 e. The second-order valence-corrected chi connectivity index (χ2v) is 3.37. The fourth-order valence-electron chi connectivity index (χ4n) is 1.41. The van der Waals surface area contributed by atoms with Gasteiger partial charge in [0.25, 0.3) is 0 Å². The Kier molecular flexibility index (Phi) is 2.45. The molecule has 0 spiro atoms. The lowest BCUT2D eigenvalue weighted by atomic mass is 10.1. The van der Waals surface area contributed by atoms with Gasteiger partial charge in [-0.05, 0) is 11.1 Å². The van der Waals surface area contributed by atoms with E-state index in [2.05, 4.69) is 0 Å². The Morgan fingerprint density at radius 1 is 1.57 bits per heavy atom. The molecule has 1 aromatic carbocycles. The summed E-state index contributed by atoms with van der Waals surface area (Å²) in [6, 6.07) is 7.82. The highest BCUT2D eigenvalue weighted by molar-refractivity contribution is 5.27. The molecule has 14 heavy (non-hydrogen) atoms. The average Bonchev–Trinajstić information content (AvgIpc) is 2.98. The zero-order chi connectivity index (χ0) is 9.97. The van der Waals surface area contributed by atoms with Crippen molar-refractivity contribution in [1.82, 2.24) is 0 Å². The molecule has 0 bridgehead atoms. The molecule has 74 valence electrons. The minimum atomic E-state index is -0.291. The topological polar surface area (TPSA) is 55.7 Å². The number of epoxide rings is 1. The highest BCUT2D eigenvalue weighted by Crippen LogP contribution is 2.29. The summed E-state index contributed by atoms with van der Waals surface area (Å²) in [6.07, 6.45) is 0.721. The van der Waals surface area contributed by atoms with Crippen molar-refractivity contribution in [3.05, 3.63) is 45.5 Å². The highest BCUT2D eigenvalue weighted by Gasteiger charge is 2.24. The molecule has 1 aliphatic heterocycles. The van der Waals surface area contributed by atoms with Gasteiger partial charge in [0.1, 0.15) is 6.10 Å². The Balaban J connectivity index is 2.02. The lowest BCUT2D eigenvalue weighted by Gasteiger charge is -2.00. The van der Waals surface area contributed by atoms with Crippen LogP contribution in [-0.2, 0) is 11.2 Å². The molecular formula is C10H11NO3. The first kappa shape index (κ1) is 9.15. The van der Waals surface area contributed by atoms with Gasteiger partial charge in [-0.1, -0.05) is 24.3 Å². The fraction of sp³-hybridized carbons (Fsp3) is 0.400. The Hall–Kier alpha value is -1.42. The van der Waals surface area contributed by atoms with Gasteiger partial charge in [0.15, 0.2) is 0 Å². The van der Waals surface area contributed by atoms with Crippen LogP contribution in [0.2, 0.25) is 0 Å². The van der Waals surface area contributed by atoms with E-state index >= 15 is 0 Å². The number of benzene rings is 1. The second-order valence-electron chi connectivity index (χ2n) is 3.37. The third-order valence-electron chi connectivity index (χ3n) is 2.24. The molecule has 1 aliphatic rings. The second kappa shape index (κ2) is 3.75. The monoisotopic (exact) mass is 193 g/mol. The van der Waals surface area contributed by atoms with Gasteiger partial charge in [-0.15, -0.1) is 0 Å². The van der Waals surface area contributed by atoms with Crippen LogP contribution in [0.1, 0.15) is 17.2 Å². The van der Waals surface area contributed by atoms with Crippen molar-refractivity contribution in [2.75, 3.05) is 13.2 Å². The van der Waals surface area contributed by atoms with E-state index < -0.39 is 0 Å². The van der Waals surface area contributed by atoms with Crippen LogP contribution >= 0.6 is 0 Å². The molecule has 1 unspecified atom stereocenters. The Bertz CT molecular complexity index is 347. The van der Waals surface area contributed by atoms with Gasteiger partial charge in [0, 0.05) is 11.3 Å². The largest absolute Gasteiger partial charge is 0.368 e. The van der Waals surface area contributed by atoms with Crippen molar-refractivity contribution in [3.8, 4) is 0 Å². The number of hydrogen-bond acceptors (Lipinski definition) is 3. The van der Waals surface area contributed by atoms with Crippen LogP contribution < -0.4 is 0 Å². The van der Waals surface area contributed by atoms with Crippen LogP contribution in [0, 0.1) is 10.1 Å². The molecule has 0 saturated carbocycles. The van der Waals surface area contributed by atoms with E-state index in [4.69, 9.17) is 4.74 Å². The first-order valence-electron chi connectivity index (χ1n) is 4.58. The summed E-state index contributed by atoms with van der Waals surface area (Å²) in [6.45, 7) is 0.771. The van der Waals surface area contributed by atoms with Crippen molar-refractivity contribution in [2.45, 2.75) is 12.5 Å². The van der Waals surface area contributed by atoms with Gasteiger partial charge < -0.3 is 4.74 Å². The standard InChI is InChI=1S/C10H11NO3/c12-11(13)5-4-8-2-1-3-9(6-8)10-7-14-10/h1-3,6,10H,4-5,7H2. The molecular weight excluding hydrogens is 182 g/mol.